The second-order valence-electron chi connectivity index (χ2n) is 18.7. The zero-order valence-corrected chi connectivity index (χ0v) is 41.9. The molecule has 0 aromatic carbocycles. The van der Waals surface area contributed by atoms with Crippen LogP contribution in [0.1, 0.15) is 215 Å². The molecule has 10 nitrogen and oxygen atoms in total. The summed E-state index contributed by atoms with van der Waals surface area (Å²) in [4.78, 5) is 29.7. The molecule has 0 spiro atoms. The number of thiocarbonyl (C=S) groups is 1. The van der Waals surface area contributed by atoms with Crippen LogP contribution in [0.5, 0.6) is 0 Å². The first-order valence-corrected chi connectivity index (χ1v) is 25.8. The molecule has 0 radical (unpaired) electrons. The fourth-order valence-electron chi connectivity index (χ4n) is 8.08. The predicted octanol–water partition coefficient (Wildman–Crippen LogP) is 11.9. The second kappa shape index (κ2) is 36.8. The Balaban J connectivity index is 2.54. The van der Waals surface area contributed by atoms with Crippen molar-refractivity contribution < 1.29 is 33.3 Å². The number of unbranched alkanes of at least 4 members (excludes halogenated alkanes) is 14. The molecule has 360 valence electrons. The number of ether oxygens (including phenoxy) is 5. The fourth-order valence-corrected chi connectivity index (χ4v) is 8.31. The minimum absolute atomic E-state index is 0.0415. The highest BCUT2D eigenvalue weighted by Crippen LogP contribution is 2.36. The quantitative estimate of drug-likeness (QED) is 0.0361. The SMILES string of the molecule is CCCCCCC(C)(CCCCCC)OCC(C)CCCCOC(=O)CN(CC(=O)OCCCCC1COC(CCCCCC)(CCCCCC)O1)C(=S)NCCCN(C)C. The van der Waals surface area contributed by atoms with E-state index in [1.165, 1.54) is 89.9 Å². The van der Waals surface area contributed by atoms with E-state index in [1.807, 2.05) is 14.1 Å². The average molecular weight is 884 g/mol. The number of nitrogens with one attached hydrogen (secondary N) is 1. The van der Waals surface area contributed by atoms with Crippen LogP contribution in [0, 0.1) is 5.92 Å². The highest BCUT2D eigenvalue weighted by Gasteiger charge is 2.40. The zero-order chi connectivity index (χ0) is 45.0. The number of carbonyl (C=O) groups excluding carboxylic acids is 2. The van der Waals surface area contributed by atoms with Crippen LogP contribution in [0.2, 0.25) is 0 Å². The summed E-state index contributed by atoms with van der Waals surface area (Å²) in [7, 11) is 4.06. The van der Waals surface area contributed by atoms with Crippen LogP contribution < -0.4 is 5.32 Å². The summed E-state index contributed by atoms with van der Waals surface area (Å²) in [6.45, 7) is 17.0. The maximum atomic E-state index is 13.0. The molecule has 1 fully saturated rings. The van der Waals surface area contributed by atoms with Crippen LogP contribution in [0.25, 0.3) is 0 Å². The van der Waals surface area contributed by atoms with Crippen LogP contribution in [0.3, 0.4) is 0 Å². The Bertz CT molecular complexity index is 1070. The van der Waals surface area contributed by atoms with Gasteiger partial charge in [0.15, 0.2) is 10.9 Å². The van der Waals surface area contributed by atoms with Gasteiger partial charge in [0.05, 0.1) is 31.5 Å². The minimum Gasteiger partial charge on any atom is -0.464 e. The van der Waals surface area contributed by atoms with E-state index in [1.54, 1.807) is 4.90 Å². The first kappa shape index (κ1) is 57.5. The van der Waals surface area contributed by atoms with Crippen molar-refractivity contribution in [2.75, 3.05) is 66.7 Å². The van der Waals surface area contributed by atoms with E-state index in [0.29, 0.717) is 37.4 Å². The first-order chi connectivity index (χ1) is 29.4. The molecule has 1 aliphatic heterocycles. The number of hydrogen-bond donors (Lipinski definition) is 1. The van der Waals surface area contributed by atoms with Gasteiger partial charge in [-0.2, -0.15) is 0 Å². The Labute approximate surface area is 381 Å². The van der Waals surface area contributed by atoms with Crippen molar-refractivity contribution in [1.82, 2.24) is 15.1 Å². The van der Waals surface area contributed by atoms with Gasteiger partial charge in [0, 0.05) is 26.0 Å². The van der Waals surface area contributed by atoms with Gasteiger partial charge in [0.1, 0.15) is 13.1 Å². The molecule has 0 saturated carbocycles. The molecule has 1 N–H and O–H groups in total. The van der Waals surface area contributed by atoms with Crippen molar-refractivity contribution in [2.24, 2.45) is 5.92 Å². The number of rotatable bonds is 41. The Morgan fingerprint density at radius 2 is 1.26 bits per heavy atom. The van der Waals surface area contributed by atoms with Gasteiger partial charge in [-0.15, -0.1) is 0 Å². The van der Waals surface area contributed by atoms with Crippen molar-refractivity contribution in [3.63, 3.8) is 0 Å². The Kier molecular flexibility index (Phi) is 34.7. The highest BCUT2D eigenvalue weighted by molar-refractivity contribution is 7.80. The third kappa shape index (κ3) is 30.3. The van der Waals surface area contributed by atoms with Gasteiger partial charge in [-0.05, 0) is 116 Å². The van der Waals surface area contributed by atoms with Gasteiger partial charge >= 0.3 is 11.9 Å². The molecule has 0 aromatic rings. The van der Waals surface area contributed by atoms with Gasteiger partial charge < -0.3 is 38.8 Å². The molecule has 0 bridgehead atoms. The molecule has 2 unspecified atom stereocenters. The lowest BCUT2D eigenvalue weighted by molar-refractivity contribution is -0.180. The maximum absolute atomic E-state index is 13.0. The van der Waals surface area contributed by atoms with Crippen LogP contribution in [-0.4, -0.2) is 111 Å². The van der Waals surface area contributed by atoms with E-state index in [4.69, 9.17) is 35.9 Å². The smallest absolute Gasteiger partial charge is 0.325 e. The molecule has 1 aliphatic rings. The van der Waals surface area contributed by atoms with E-state index in [0.717, 1.165) is 96.6 Å². The van der Waals surface area contributed by atoms with Crippen LogP contribution in [0.4, 0.5) is 0 Å². The molecule has 1 saturated heterocycles. The van der Waals surface area contributed by atoms with Crippen molar-refractivity contribution in [1.29, 1.82) is 0 Å². The summed E-state index contributed by atoms with van der Waals surface area (Å²) in [6, 6.07) is 0. The van der Waals surface area contributed by atoms with Gasteiger partial charge in [-0.25, -0.2) is 0 Å². The number of nitrogens with zero attached hydrogens (tertiary/aromatic N) is 2. The second-order valence-corrected chi connectivity index (χ2v) is 19.1. The molecule has 1 heterocycles. The summed E-state index contributed by atoms with van der Waals surface area (Å²) >= 11 is 5.66. The summed E-state index contributed by atoms with van der Waals surface area (Å²) in [6.07, 6.45) is 30.3. The van der Waals surface area contributed by atoms with Gasteiger partial charge in [-0.3, -0.25) is 9.59 Å². The minimum atomic E-state index is -0.432. The normalized spacial score (nSPS) is 15.6. The Morgan fingerprint density at radius 3 is 1.79 bits per heavy atom. The summed E-state index contributed by atoms with van der Waals surface area (Å²) in [5, 5.41) is 3.58. The van der Waals surface area contributed by atoms with Crippen molar-refractivity contribution >= 4 is 29.3 Å². The standard InChI is InChI=1S/C50H97N3O7S/c1-9-13-17-23-32-49(6,33-24-18-14-10-2)58-42-44(5)30-21-27-38-56-46(54)40-53(48(61)51-36-29-37-52(7)8)41-47(55)57-39-28-22-31-45-43-59-50(60-45,34-25-19-15-11-3)35-26-20-16-12-4/h44-45H,9-43H2,1-8H3,(H,51,61). The van der Waals surface area contributed by atoms with E-state index in [2.05, 4.69) is 51.8 Å². The predicted molar refractivity (Wildman–Crippen MR) is 257 cm³/mol. The van der Waals surface area contributed by atoms with Crippen LogP contribution in [0.15, 0.2) is 0 Å². The first-order valence-electron chi connectivity index (χ1n) is 25.4. The lowest BCUT2D eigenvalue weighted by Gasteiger charge is -2.32. The Morgan fingerprint density at radius 1 is 0.738 bits per heavy atom. The molecular weight excluding hydrogens is 787 g/mol. The lowest BCUT2D eigenvalue weighted by atomic mass is 9.91. The molecule has 61 heavy (non-hydrogen) atoms. The van der Waals surface area contributed by atoms with E-state index < -0.39 is 17.7 Å². The van der Waals surface area contributed by atoms with Gasteiger partial charge in [0.25, 0.3) is 0 Å². The lowest BCUT2D eigenvalue weighted by Crippen LogP contribution is -2.46. The molecule has 1 rings (SSSR count). The van der Waals surface area contributed by atoms with E-state index in [9.17, 15) is 9.59 Å². The summed E-state index contributed by atoms with van der Waals surface area (Å²) in [5.41, 5.74) is -0.0415. The van der Waals surface area contributed by atoms with Gasteiger partial charge in [-0.1, -0.05) is 125 Å². The zero-order valence-electron chi connectivity index (χ0n) is 41.1. The largest absolute Gasteiger partial charge is 0.464 e. The maximum Gasteiger partial charge on any atom is 0.325 e. The molecule has 11 heteroatoms. The van der Waals surface area contributed by atoms with Crippen molar-refractivity contribution in [3.05, 3.63) is 0 Å². The molecule has 0 aliphatic carbocycles. The molecule has 0 aromatic heterocycles. The van der Waals surface area contributed by atoms with Gasteiger partial charge in [0.2, 0.25) is 0 Å². The topological polar surface area (TPSA) is 98.8 Å². The highest BCUT2D eigenvalue weighted by atomic mass is 32.1. The fraction of sp³-hybridized carbons (Fsp3) is 0.940. The summed E-state index contributed by atoms with van der Waals surface area (Å²) in [5.74, 6) is -0.787. The summed E-state index contributed by atoms with van der Waals surface area (Å²) < 4.78 is 30.9. The third-order valence-corrected chi connectivity index (χ3v) is 12.5. The Hall–Kier alpha value is -1.53. The van der Waals surface area contributed by atoms with Crippen molar-refractivity contribution in [2.45, 2.75) is 232 Å². The van der Waals surface area contributed by atoms with E-state index in [-0.39, 0.29) is 24.8 Å². The monoisotopic (exact) mass is 884 g/mol. The molecular formula is C50H97N3O7S. The molecule has 0 amide bonds. The van der Waals surface area contributed by atoms with Crippen molar-refractivity contribution in [3.8, 4) is 0 Å². The molecule has 2 atom stereocenters. The average Bonchev–Trinajstić information content (AvgIpc) is 3.64. The van der Waals surface area contributed by atoms with E-state index >= 15 is 0 Å². The van der Waals surface area contributed by atoms with Crippen LogP contribution in [-0.2, 0) is 33.3 Å². The number of esters is 2. The van der Waals surface area contributed by atoms with Crippen LogP contribution >= 0.6 is 12.2 Å². The number of carbonyl (C=O) groups is 2. The number of hydrogen-bond acceptors (Lipinski definition) is 9. The third-order valence-electron chi connectivity index (χ3n) is 12.1.